The third-order valence-corrected chi connectivity index (χ3v) is 4.79. The largest absolute Gasteiger partial charge is 0.482 e. The number of ether oxygens (including phenoxy) is 2. The van der Waals surface area contributed by atoms with Gasteiger partial charge in [0, 0.05) is 4.88 Å². The van der Waals surface area contributed by atoms with E-state index in [1.807, 2.05) is 37.3 Å². The lowest BCUT2D eigenvalue weighted by Gasteiger charge is -2.30. The number of carbonyl (C=O) groups excluding carboxylic acids is 1. The number of hydrogen-bond acceptors (Lipinski definition) is 4. The monoisotopic (exact) mass is 367 g/mol. The van der Waals surface area contributed by atoms with Crippen molar-refractivity contribution in [2.45, 2.75) is 25.7 Å². The second kappa shape index (κ2) is 6.07. The molecule has 0 radical (unpaired) electrons. The molecule has 0 saturated carbocycles. The Bertz CT molecular complexity index is 658. The number of carbonyl (C=O) groups is 1. The zero-order chi connectivity index (χ0) is 14.8. The first-order valence-electron chi connectivity index (χ1n) is 6.58. The normalized spacial score (nSPS) is 20.1. The van der Waals surface area contributed by atoms with E-state index in [-0.39, 0.29) is 12.0 Å². The second-order valence-corrected chi connectivity index (χ2v) is 7.28. The Balaban J connectivity index is 1.65. The highest BCUT2D eigenvalue weighted by molar-refractivity contribution is 9.11. The van der Waals surface area contributed by atoms with Gasteiger partial charge in [-0.05, 0) is 47.1 Å². The predicted octanol–water partition coefficient (Wildman–Crippen LogP) is 3.36. The van der Waals surface area contributed by atoms with Crippen LogP contribution in [-0.2, 0) is 11.3 Å². The van der Waals surface area contributed by atoms with Gasteiger partial charge in [0.05, 0.1) is 10.3 Å². The van der Waals surface area contributed by atoms with E-state index in [2.05, 4.69) is 21.2 Å². The topological polar surface area (TPSA) is 47.6 Å². The van der Waals surface area contributed by atoms with E-state index in [1.54, 1.807) is 17.4 Å². The van der Waals surface area contributed by atoms with Crippen molar-refractivity contribution in [1.82, 2.24) is 5.32 Å². The SMILES string of the molecule is C[C@H]1Oc2ccccc2O[C@H]1C(=O)NCc1ccc(Br)s1. The van der Waals surface area contributed by atoms with Crippen LogP contribution in [0.15, 0.2) is 40.2 Å². The first-order chi connectivity index (χ1) is 10.1. The molecule has 2 atom stereocenters. The fraction of sp³-hybridized carbons (Fsp3) is 0.267. The number of rotatable bonds is 3. The van der Waals surface area contributed by atoms with Gasteiger partial charge >= 0.3 is 0 Å². The average Bonchev–Trinajstić information content (AvgIpc) is 2.89. The first-order valence-corrected chi connectivity index (χ1v) is 8.19. The van der Waals surface area contributed by atoms with E-state index in [4.69, 9.17) is 9.47 Å². The third-order valence-electron chi connectivity index (χ3n) is 3.17. The number of hydrogen-bond donors (Lipinski definition) is 1. The van der Waals surface area contributed by atoms with Crippen LogP contribution < -0.4 is 14.8 Å². The number of fused-ring (bicyclic) bond motifs is 1. The Labute approximate surface area is 135 Å². The van der Waals surface area contributed by atoms with Gasteiger partial charge in [-0.15, -0.1) is 11.3 Å². The number of para-hydroxylation sites is 2. The zero-order valence-electron chi connectivity index (χ0n) is 11.3. The maximum absolute atomic E-state index is 12.3. The molecule has 4 nitrogen and oxygen atoms in total. The van der Waals surface area contributed by atoms with Crippen LogP contribution in [0.4, 0.5) is 0 Å². The molecule has 0 saturated heterocycles. The lowest BCUT2D eigenvalue weighted by Crippen LogP contribution is -2.48. The summed E-state index contributed by atoms with van der Waals surface area (Å²) in [4.78, 5) is 13.4. The Kier molecular flexibility index (Phi) is 4.17. The molecule has 2 heterocycles. The van der Waals surface area contributed by atoms with Crippen molar-refractivity contribution in [2.75, 3.05) is 0 Å². The molecule has 0 fully saturated rings. The van der Waals surface area contributed by atoms with Crippen LogP contribution in [0.5, 0.6) is 11.5 Å². The summed E-state index contributed by atoms with van der Waals surface area (Å²) in [7, 11) is 0. The van der Waals surface area contributed by atoms with Gasteiger partial charge in [-0.2, -0.15) is 0 Å². The van der Waals surface area contributed by atoms with E-state index >= 15 is 0 Å². The molecular formula is C15H14BrNO3S. The molecule has 1 amide bonds. The Morgan fingerprint density at radius 2 is 1.95 bits per heavy atom. The van der Waals surface area contributed by atoms with E-state index < -0.39 is 6.10 Å². The van der Waals surface area contributed by atoms with Crippen LogP contribution in [0.1, 0.15) is 11.8 Å². The molecule has 0 spiro atoms. The Morgan fingerprint density at radius 3 is 2.62 bits per heavy atom. The summed E-state index contributed by atoms with van der Waals surface area (Å²) in [6, 6.07) is 11.3. The molecule has 21 heavy (non-hydrogen) atoms. The minimum Gasteiger partial charge on any atom is -0.482 e. The molecule has 3 rings (SSSR count). The molecule has 6 heteroatoms. The van der Waals surface area contributed by atoms with Crippen molar-refractivity contribution in [1.29, 1.82) is 0 Å². The minimum absolute atomic E-state index is 0.165. The highest BCUT2D eigenvalue weighted by atomic mass is 79.9. The standard InChI is InChI=1S/C15H14BrNO3S/c1-9-14(20-12-5-3-2-4-11(12)19-9)15(18)17-8-10-6-7-13(16)21-10/h2-7,9,14H,8H2,1H3,(H,17,18)/t9-,14-/m1/s1. The molecule has 1 aliphatic rings. The highest BCUT2D eigenvalue weighted by Crippen LogP contribution is 2.33. The van der Waals surface area contributed by atoms with Gasteiger partial charge in [0.2, 0.25) is 6.10 Å². The summed E-state index contributed by atoms with van der Waals surface area (Å²) in [5, 5.41) is 2.89. The summed E-state index contributed by atoms with van der Waals surface area (Å²) in [5.74, 6) is 1.12. The van der Waals surface area contributed by atoms with Crippen LogP contribution in [-0.4, -0.2) is 18.1 Å². The van der Waals surface area contributed by atoms with E-state index in [1.165, 1.54) is 0 Å². The zero-order valence-corrected chi connectivity index (χ0v) is 13.7. The maximum Gasteiger partial charge on any atom is 0.265 e. The fourth-order valence-electron chi connectivity index (χ4n) is 2.13. The Morgan fingerprint density at radius 1 is 1.24 bits per heavy atom. The average molecular weight is 368 g/mol. The van der Waals surface area contributed by atoms with Gasteiger partial charge in [0.25, 0.3) is 5.91 Å². The van der Waals surface area contributed by atoms with Gasteiger partial charge in [-0.3, -0.25) is 4.79 Å². The summed E-state index contributed by atoms with van der Waals surface area (Å²) in [5.41, 5.74) is 0. The van der Waals surface area contributed by atoms with Gasteiger partial charge in [0.15, 0.2) is 11.5 Å². The van der Waals surface area contributed by atoms with E-state index in [9.17, 15) is 4.79 Å². The van der Waals surface area contributed by atoms with E-state index in [0.29, 0.717) is 18.0 Å². The molecular weight excluding hydrogens is 354 g/mol. The molecule has 1 aromatic carbocycles. The molecule has 1 N–H and O–H groups in total. The molecule has 110 valence electrons. The van der Waals surface area contributed by atoms with Crippen molar-refractivity contribution < 1.29 is 14.3 Å². The van der Waals surface area contributed by atoms with Crippen LogP contribution in [0.25, 0.3) is 0 Å². The number of halogens is 1. The van der Waals surface area contributed by atoms with Crippen LogP contribution in [0, 0.1) is 0 Å². The Hall–Kier alpha value is -1.53. The van der Waals surface area contributed by atoms with Crippen LogP contribution in [0.3, 0.4) is 0 Å². The van der Waals surface area contributed by atoms with Crippen molar-refractivity contribution in [3.63, 3.8) is 0 Å². The van der Waals surface area contributed by atoms with Crippen LogP contribution >= 0.6 is 27.3 Å². The molecule has 0 unspecified atom stereocenters. The van der Waals surface area contributed by atoms with Crippen molar-refractivity contribution >= 4 is 33.2 Å². The first kappa shape index (κ1) is 14.4. The summed E-state index contributed by atoms with van der Waals surface area (Å²) in [6.45, 7) is 2.32. The molecule has 0 aliphatic carbocycles. The number of nitrogens with one attached hydrogen (secondary N) is 1. The lowest BCUT2D eigenvalue weighted by atomic mass is 10.1. The summed E-state index contributed by atoms with van der Waals surface area (Å²) >= 11 is 5.00. The number of amides is 1. The van der Waals surface area contributed by atoms with Crippen molar-refractivity contribution in [3.05, 3.63) is 45.1 Å². The molecule has 2 aromatic rings. The smallest absolute Gasteiger partial charge is 0.265 e. The molecule has 1 aromatic heterocycles. The number of thiophene rings is 1. The second-order valence-electron chi connectivity index (χ2n) is 4.73. The van der Waals surface area contributed by atoms with Gasteiger partial charge < -0.3 is 14.8 Å². The van der Waals surface area contributed by atoms with E-state index in [0.717, 1.165) is 8.66 Å². The number of benzene rings is 1. The quantitative estimate of drug-likeness (QED) is 0.904. The molecule has 1 aliphatic heterocycles. The van der Waals surface area contributed by atoms with Crippen molar-refractivity contribution in [3.8, 4) is 11.5 Å². The highest BCUT2D eigenvalue weighted by Gasteiger charge is 2.33. The maximum atomic E-state index is 12.3. The third kappa shape index (κ3) is 3.22. The van der Waals surface area contributed by atoms with Gasteiger partial charge in [-0.1, -0.05) is 12.1 Å². The summed E-state index contributed by atoms with van der Waals surface area (Å²) in [6.07, 6.45) is -0.960. The molecule has 0 bridgehead atoms. The minimum atomic E-state index is -0.636. The fourth-order valence-corrected chi connectivity index (χ4v) is 3.55. The van der Waals surface area contributed by atoms with Gasteiger partial charge in [-0.25, -0.2) is 0 Å². The van der Waals surface area contributed by atoms with Gasteiger partial charge in [0.1, 0.15) is 6.10 Å². The van der Waals surface area contributed by atoms with Crippen LogP contribution in [0.2, 0.25) is 0 Å². The van der Waals surface area contributed by atoms with Crippen molar-refractivity contribution in [2.24, 2.45) is 0 Å². The summed E-state index contributed by atoms with van der Waals surface area (Å²) < 4.78 is 12.5. The predicted molar refractivity (Wildman–Crippen MR) is 84.8 cm³/mol. The lowest BCUT2D eigenvalue weighted by molar-refractivity contribution is -0.133.